The molecule has 174 valence electrons. The van der Waals surface area contributed by atoms with Gasteiger partial charge in [0, 0.05) is 26.6 Å². The second kappa shape index (κ2) is 11.5. The smallest absolute Gasteiger partial charge is 0.242 e. The highest BCUT2D eigenvalue weighted by Gasteiger charge is 2.26. The van der Waals surface area contributed by atoms with Gasteiger partial charge in [0.05, 0.1) is 22.0 Å². The molecule has 2 aromatic carbocycles. The van der Waals surface area contributed by atoms with Crippen molar-refractivity contribution in [2.24, 2.45) is 0 Å². The molecule has 0 saturated heterocycles. The van der Waals surface area contributed by atoms with Crippen LogP contribution in [0.4, 0.5) is 5.69 Å². The highest BCUT2D eigenvalue weighted by Crippen LogP contribution is 2.24. The summed E-state index contributed by atoms with van der Waals surface area (Å²) < 4.78 is 25.7. The van der Waals surface area contributed by atoms with E-state index < -0.39 is 16.1 Å². The zero-order chi connectivity index (χ0) is 23.9. The number of hydrogen-bond donors (Lipinski definition) is 1. The Morgan fingerprint density at radius 1 is 1.06 bits per heavy atom. The number of sulfonamides is 1. The van der Waals surface area contributed by atoms with Crippen molar-refractivity contribution in [2.75, 3.05) is 24.2 Å². The number of carbonyl (C=O) groups excluding carboxylic acids is 2. The summed E-state index contributed by atoms with van der Waals surface area (Å²) in [5, 5.41) is 3.31. The van der Waals surface area contributed by atoms with Gasteiger partial charge < -0.3 is 10.2 Å². The molecule has 0 aliphatic carbocycles. The van der Waals surface area contributed by atoms with Crippen molar-refractivity contribution >= 4 is 50.7 Å². The minimum Gasteiger partial charge on any atom is -0.357 e. The summed E-state index contributed by atoms with van der Waals surface area (Å²) in [7, 11) is -2.01. The minimum absolute atomic E-state index is 0.0709. The molecular weight excluding hydrogens is 473 g/mol. The lowest BCUT2D eigenvalue weighted by Gasteiger charge is -2.29. The van der Waals surface area contributed by atoms with E-state index in [9.17, 15) is 18.0 Å². The zero-order valence-electron chi connectivity index (χ0n) is 18.2. The molecule has 0 aliphatic rings. The first-order valence-electron chi connectivity index (χ1n) is 10.0. The van der Waals surface area contributed by atoms with Crippen LogP contribution in [-0.4, -0.2) is 51.0 Å². The van der Waals surface area contributed by atoms with Crippen molar-refractivity contribution in [3.8, 4) is 0 Å². The van der Waals surface area contributed by atoms with Crippen LogP contribution in [0.2, 0.25) is 10.0 Å². The number of hydrogen-bond acceptors (Lipinski definition) is 4. The number of para-hydroxylation sites is 1. The minimum atomic E-state index is -3.51. The Bertz CT molecular complexity index is 1050. The normalized spacial score (nSPS) is 12.2. The van der Waals surface area contributed by atoms with Crippen LogP contribution < -0.4 is 9.62 Å². The summed E-state index contributed by atoms with van der Waals surface area (Å²) in [6.07, 6.45) is 1.49. The molecule has 10 heteroatoms. The largest absolute Gasteiger partial charge is 0.357 e. The molecule has 2 aromatic rings. The number of amides is 2. The Balaban J connectivity index is 2.14. The van der Waals surface area contributed by atoms with Crippen LogP contribution in [0.1, 0.15) is 25.3 Å². The molecular formula is C22H27Cl2N3O4S. The van der Waals surface area contributed by atoms with Crippen molar-refractivity contribution < 1.29 is 18.0 Å². The van der Waals surface area contributed by atoms with E-state index in [0.29, 0.717) is 22.2 Å². The SMILES string of the molecule is CNC(=O)[C@@H](C)N(Cc1ccc(Cl)c(Cl)c1)C(=O)CCCN(c1ccccc1)S(C)(=O)=O. The Kier molecular flexibility index (Phi) is 9.36. The van der Waals surface area contributed by atoms with Crippen LogP contribution in [0.3, 0.4) is 0 Å². The third-order valence-corrected chi connectivity index (χ3v) is 6.88. The Morgan fingerprint density at radius 2 is 1.72 bits per heavy atom. The van der Waals surface area contributed by atoms with E-state index in [1.807, 2.05) is 0 Å². The van der Waals surface area contributed by atoms with Gasteiger partial charge in [0.1, 0.15) is 6.04 Å². The number of halogens is 2. The average molecular weight is 500 g/mol. The second-order valence-corrected chi connectivity index (χ2v) is 10.1. The van der Waals surface area contributed by atoms with E-state index in [1.54, 1.807) is 55.5 Å². The molecule has 0 fully saturated rings. The van der Waals surface area contributed by atoms with Crippen molar-refractivity contribution in [3.05, 3.63) is 64.1 Å². The maximum atomic E-state index is 13.0. The summed E-state index contributed by atoms with van der Waals surface area (Å²) in [5.74, 6) is -0.575. The zero-order valence-corrected chi connectivity index (χ0v) is 20.5. The fourth-order valence-corrected chi connectivity index (χ4v) is 4.51. The van der Waals surface area contributed by atoms with Crippen molar-refractivity contribution in [1.82, 2.24) is 10.2 Å². The first-order chi connectivity index (χ1) is 15.0. The van der Waals surface area contributed by atoms with Gasteiger partial charge in [-0.15, -0.1) is 0 Å². The van der Waals surface area contributed by atoms with Crippen LogP contribution in [-0.2, 0) is 26.2 Å². The van der Waals surface area contributed by atoms with E-state index in [1.165, 1.54) is 16.3 Å². The summed E-state index contributed by atoms with van der Waals surface area (Å²) in [6, 6.07) is 13.0. The molecule has 7 nitrogen and oxygen atoms in total. The fourth-order valence-electron chi connectivity index (χ4n) is 3.22. The molecule has 0 saturated carbocycles. The van der Waals surface area contributed by atoms with Crippen LogP contribution in [0.25, 0.3) is 0 Å². The fraction of sp³-hybridized carbons (Fsp3) is 0.364. The number of rotatable bonds is 10. The van der Waals surface area contributed by atoms with Gasteiger partial charge in [0.15, 0.2) is 0 Å². The Morgan fingerprint density at radius 3 is 2.28 bits per heavy atom. The highest BCUT2D eigenvalue weighted by molar-refractivity contribution is 7.92. The molecule has 0 heterocycles. The quantitative estimate of drug-likeness (QED) is 0.539. The molecule has 0 bridgehead atoms. The van der Waals surface area contributed by atoms with Gasteiger partial charge in [0.25, 0.3) is 0 Å². The lowest BCUT2D eigenvalue weighted by molar-refractivity contribution is -0.140. The number of likely N-dealkylation sites (N-methyl/N-ethyl adjacent to an activating group) is 1. The van der Waals surface area contributed by atoms with Crippen LogP contribution in [0, 0.1) is 0 Å². The van der Waals surface area contributed by atoms with Gasteiger partial charge in [-0.05, 0) is 43.2 Å². The van der Waals surface area contributed by atoms with Crippen LogP contribution in [0.5, 0.6) is 0 Å². The Hall–Kier alpha value is -2.29. The molecule has 0 radical (unpaired) electrons. The third-order valence-electron chi connectivity index (χ3n) is 4.95. The first-order valence-corrected chi connectivity index (χ1v) is 12.6. The predicted molar refractivity (Wildman–Crippen MR) is 128 cm³/mol. The standard InChI is InChI=1S/C22H27Cl2N3O4S/c1-16(22(29)25-2)26(15-17-11-12-19(23)20(24)14-17)21(28)10-7-13-27(32(3,30)31)18-8-5-4-6-9-18/h4-6,8-9,11-12,14,16H,7,10,13,15H2,1-3H3,(H,25,29)/t16-/m1/s1. The van der Waals surface area contributed by atoms with E-state index in [2.05, 4.69) is 5.32 Å². The van der Waals surface area contributed by atoms with Crippen molar-refractivity contribution in [1.29, 1.82) is 0 Å². The molecule has 0 aliphatic heterocycles. The summed E-state index contributed by atoms with van der Waals surface area (Å²) >= 11 is 12.1. The number of anilines is 1. The van der Waals surface area contributed by atoms with Crippen molar-refractivity contribution in [2.45, 2.75) is 32.4 Å². The lowest BCUT2D eigenvalue weighted by Crippen LogP contribution is -2.46. The van der Waals surface area contributed by atoms with E-state index in [0.717, 1.165) is 11.8 Å². The van der Waals surface area contributed by atoms with Gasteiger partial charge >= 0.3 is 0 Å². The second-order valence-electron chi connectivity index (χ2n) is 7.33. The van der Waals surface area contributed by atoms with Gasteiger partial charge in [-0.1, -0.05) is 47.5 Å². The van der Waals surface area contributed by atoms with Crippen LogP contribution >= 0.6 is 23.2 Å². The summed E-state index contributed by atoms with van der Waals surface area (Å²) in [6.45, 7) is 1.95. The van der Waals surface area contributed by atoms with Crippen molar-refractivity contribution in [3.63, 3.8) is 0 Å². The van der Waals surface area contributed by atoms with E-state index >= 15 is 0 Å². The summed E-state index contributed by atoms with van der Waals surface area (Å²) in [4.78, 5) is 26.7. The Labute approximate surface area is 199 Å². The predicted octanol–water partition coefficient (Wildman–Crippen LogP) is 3.70. The van der Waals surface area contributed by atoms with Gasteiger partial charge in [-0.2, -0.15) is 0 Å². The van der Waals surface area contributed by atoms with Crippen LogP contribution in [0.15, 0.2) is 48.5 Å². The number of nitrogens with one attached hydrogen (secondary N) is 1. The highest BCUT2D eigenvalue weighted by atomic mass is 35.5. The van der Waals surface area contributed by atoms with Gasteiger partial charge in [-0.25, -0.2) is 8.42 Å². The monoisotopic (exact) mass is 499 g/mol. The number of carbonyl (C=O) groups is 2. The maximum absolute atomic E-state index is 13.0. The number of benzene rings is 2. The third kappa shape index (κ3) is 7.12. The lowest BCUT2D eigenvalue weighted by atomic mass is 10.1. The molecule has 0 spiro atoms. The molecule has 0 aromatic heterocycles. The molecule has 32 heavy (non-hydrogen) atoms. The molecule has 1 atom stereocenters. The van der Waals surface area contributed by atoms with Gasteiger partial charge in [0.2, 0.25) is 21.8 Å². The van der Waals surface area contributed by atoms with Gasteiger partial charge in [-0.3, -0.25) is 13.9 Å². The number of nitrogens with zero attached hydrogens (tertiary/aromatic N) is 2. The molecule has 1 N–H and O–H groups in total. The molecule has 0 unspecified atom stereocenters. The topological polar surface area (TPSA) is 86.8 Å². The maximum Gasteiger partial charge on any atom is 0.242 e. The first kappa shape index (κ1) is 26.0. The summed E-state index contributed by atoms with van der Waals surface area (Å²) in [5.41, 5.74) is 1.26. The molecule has 2 rings (SSSR count). The average Bonchev–Trinajstić information content (AvgIpc) is 2.75. The molecule has 2 amide bonds. The van der Waals surface area contributed by atoms with E-state index in [4.69, 9.17) is 23.2 Å². The van der Waals surface area contributed by atoms with E-state index in [-0.39, 0.29) is 31.3 Å².